The highest BCUT2D eigenvalue weighted by Crippen LogP contribution is 2.48. The van der Waals surface area contributed by atoms with Crippen molar-refractivity contribution in [3.63, 3.8) is 0 Å². The summed E-state index contributed by atoms with van der Waals surface area (Å²) in [5.74, 6) is -0.852. The summed E-state index contributed by atoms with van der Waals surface area (Å²) >= 11 is 0. The normalized spacial score (nSPS) is 18.3. The molecular formula is C35H36N2O10. The lowest BCUT2D eigenvalue weighted by atomic mass is 9.64. The highest BCUT2D eigenvalue weighted by molar-refractivity contribution is 5.77. The molecule has 3 aromatic carbocycles. The lowest BCUT2D eigenvalue weighted by molar-refractivity contribution is -0.168. The predicted molar refractivity (Wildman–Crippen MR) is 170 cm³/mol. The maximum atomic E-state index is 13.5. The molecule has 0 radical (unpaired) electrons. The van der Waals surface area contributed by atoms with Crippen LogP contribution in [-0.2, 0) is 24.5 Å². The van der Waals surface area contributed by atoms with Gasteiger partial charge in [-0.15, -0.1) is 0 Å². The molecule has 0 bridgehead atoms. The number of aliphatic carboxylic acids is 1. The number of carbonyl (C=O) groups is 2. The number of aliphatic hydroxyl groups is 1. The van der Waals surface area contributed by atoms with E-state index in [2.05, 4.69) is 4.98 Å². The number of hydrogen-bond acceptors (Lipinski definition) is 9. The fraction of sp³-hybridized carbons (Fsp3) is 0.314. The number of ether oxygens (including phenoxy) is 4. The average molecular weight is 645 g/mol. The van der Waals surface area contributed by atoms with Crippen LogP contribution >= 0.6 is 0 Å². The zero-order chi connectivity index (χ0) is 33.7. The van der Waals surface area contributed by atoms with Crippen LogP contribution in [0, 0.1) is 6.92 Å². The van der Waals surface area contributed by atoms with Crippen LogP contribution in [-0.4, -0.2) is 64.2 Å². The Bertz CT molecular complexity index is 1770. The molecule has 5 rings (SSSR count). The molecule has 1 aliphatic heterocycles. The first-order valence-corrected chi connectivity index (χ1v) is 15.0. The number of aliphatic hydroxyl groups excluding tert-OH is 1. The van der Waals surface area contributed by atoms with Crippen LogP contribution in [0.4, 0.5) is 0 Å². The third kappa shape index (κ3) is 6.69. The van der Waals surface area contributed by atoms with Crippen LogP contribution < -0.4 is 20.7 Å². The van der Waals surface area contributed by atoms with E-state index in [1.807, 2.05) is 54.6 Å². The number of carbonyl (C=O) groups excluding carboxylic acids is 1. The lowest BCUT2D eigenvalue weighted by Crippen LogP contribution is -2.53. The predicted octanol–water partition coefficient (Wildman–Crippen LogP) is 3.32. The average Bonchev–Trinajstić information content (AvgIpc) is 3.46. The van der Waals surface area contributed by atoms with E-state index in [-0.39, 0.29) is 12.0 Å². The summed E-state index contributed by atoms with van der Waals surface area (Å²) in [6, 6.07) is 23.6. The monoisotopic (exact) mass is 644 g/mol. The number of nitrogens with one attached hydrogen (secondary N) is 1. The second-order valence-corrected chi connectivity index (χ2v) is 11.3. The highest BCUT2D eigenvalue weighted by atomic mass is 16.6. The number of benzene rings is 3. The Labute approximate surface area is 270 Å². The molecule has 4 aromatic rings. The highest BCUT2D eigenvalue weighted by Gasteiger charge is 2.55. The molecular weight excluding hydrogens is 608 g/mol. The van der Waals surface area contributed by atoms with Crippen molar-refractivity contribution in [1.82, 2.24) is 9.55 Å². The molecule has 4 atom stereocenters. The number of aromatic nitrogens is 2. The van der Waals surface area contributed by atoms with Gasteiger partial charge in [-0.1, -0.05) is 54.6 Å². The van der Waals surface area contributed by atoms with E-state index in [1.54, 1.807) is 45.4 Å². The maximum absolute atomic E-state index is 13.5. The molecule has 0 saturated carbocycles. The Morgan fingerprint density at radius 2 is 1.47 bits per heavy atom. The maximum Gasteiger partial charge on any atom is 0.330 e. The number of rotatable bonds is 12. The minimum absolute atomic E-state index is 0.0741. The quantitative estimate of drug-likeness (QED) is 0.154. The number of methoxy groups -OCH3 is 2. The Morgan fingerprint density at radius 3 is 2.00 bits per heavy atom. The molecule has 3 N–H and O–H groups in total. The van der Waals surface area contributed by atoms with Crippen LogP contribution in [0.1, 0.15) is 47.7 Å². The summed E-state index contributed by atoms with van der Waals surface area (Å²) in [7, 11) is 3.08. The van der Waals surface area contributed by atoms with Crippen molar-refractivity contribution < 1.29 is 38.7 Å². The van der Waals surface area contributed by atoms with Crippen molar-refractivity contribution in [2.45, 2.75) is 56.1 Å². The largest absolute Gasteiger partial charge is 0.497 e. The first-order chi connectivity index (χ1) is 22.6. The number of carboxylic acid groups (broad SMARTS) is 1. The summed E-state index contributed by atoms with van der Waals surface area (Å²) in [5, 5.41) is 21.0. The first-order valence-electron chi connectivity index (χ1n) is 15.0. The van der Waals surface area contributed by atoms with E-state index in [9.17, 15) is 29.4 Å². The van der Waals surface area contributed by atoms with Gasteiger partial charge in [0.05, 0.1) is 38.6 Å². The van der Waals surface area contributed by atoms with Crippen molar-refractivity contribution >= 4 is 11.9 Å². The number of esters is 1. The molecule has 1 saturated heterocycles. The number of H-pyrrole nitrogens is 1. The number of hydrogen-bond donors (Lipinski definition) is 3. The van der Waals surface area contributed by atoms with Gasteiger partial charge in [-0.2, -0.15) is 0 Å². The van der Waals surface area contributed by atoms with E-state index in [0.29, 0.717) is 28.2 Å². The van der Waals surface area contributed by atoms with Crippen LogP contribution in [0.3, 0.4) is 0 Å². The smallest absolute Gasteiger partial charge is 0.330 e. The van der Waals surface area contributed by atoms with E-state index in [1.165, 1.54) is 10.8 Å². The van der Waals surface area contributed by atoms with Crippen molar-refractivity contribution in [3.8, 4) is 11.5 Å². The van der Waals surface area contributed by atoms with Gasteiger partial charge in [0.25, 0.3) is 5.56 Å². The van der Waals surface area contributed by atoms with Gasteiger partial charge >= 0.3 is 17.6 Å². The van der Waals surface area contributed by atoms with Crippen LogP contribution in [0.15, 0.2) is 94.6 Å². The first kappa shape index (κ1) is 33.2. The third-order valence-corrected chi connectivity index (χ3v) is 8.44. The molecule has 1 fully saturated rings. The standard InChI is InChI=1S/C35H36N2O10/c1-21-20-37(34(43)36-33(21)42)28-19-27(38)31(46-28)32(47-30(41)18-17-29(39)40)35(22-7-5-4-6-8-22,23-9-13-25(44-2)14-10-23)24-11-15-26(45-3)16-12-24/h4-16,20,27-28,31-32,38H,17-19H2,1-3H3,(H,39,40)(H,36,42,43)/t27-,28+,31-,32?/m0/s1. The fourth-order valence-electron chi connectivity index (χ4n) is 6.13. The Kier molecular flexibility index (Phi) is 9.92. The van der Waals surface area contributed by atoms with E-state index < -0.39 is 66.0 Å². The van der Waals surface area contributed by atoms with Crippen LogP contribution in [0.5, 0.6) is 11.5 Å². The zero-order valence-corrected chi connectivity index (χ0v) is 26.1. The van der Waals surface area contributed by atoms with Crippen molar-refractivity contribution in [3.05, 3.63) is 128 Å². The van der Waals surface area contributed by atoms with Crippen molar-refractivity contribution in [2.75, 3.05) is 14.2 Å². The lowest BCUT2D eigenvalue weighted by Gasteiger charge is -2.44. The number of nitrogens with zero attached hydrogens (tertiary/aromatic N) is 1. The van der Waals surface area contributed by atoms with Gasteiger partial charge in [-0.3, -0.25) is 23.9 Å². The SMILES string of the molecule is COc1ccc(C(c2ccccc2)(c2ccc(OC)cc2)C(OC(=O)CCC(=O)O)[C@H]2O[C@@H](n3cc(C)c(=O)[nH]c3=O)C[C@@H]2O)cc1. The van der Waals surface area contributed by atoms with E-state index in [0.717, 1.165) is 0 Å². The van der Waals surface area contributed by atoms with E-state index >= 15 is 0 Å². The van der Waals surface area contributed by atoms with Crippen molar-refractivity contribution in [1.29, 1.82) is 0 Å². The summed E-state index contributed by atoms with van der Waals surface area (Å²) < 4.78 is 24.7. The molecule has 0 spiro atoms. The van der Waals surface area contributed by atoms with E-state index in [4.69, 9.17) is 18.9 Å². The molecule has 1 unspecified atom stereocenters. The van der Waals surface area contributed by atoms with Gasteiger partial charge in [0, 0.05) is 18.2 Å². The number of aryl methyl sites for hydroxylation is 1. The summed E-state index contributed by atoms with van der Waals surface area (Å²) in [5.41, 5.74) is -0.434. The summed E-state index contributed by atoms with van der Waals surface area (Å²) in [4.78, 5) is 52.1. The summed E-state index contributed by atoms with van der Waals surface area (Å²) in [6.45, 7) is 1.54. The van der Waals surface area contributed by atoms with Gasteiger partial charge in [-0.25, -0.2) is 4.79 Å². The minimum Gasteiger partial charge on any atom is -0.497 e. The fourth-order valence-corrected chi connectivity index (χ4v) is 6.13. The third-order valence-electron chi connectivity index (χ3n) is 8.44. The molecule has 1 aromatic heterocycles. The van der Waals surface area contributed by atoms with Gasteiger partial charge in [-0.05, 0) is 47.9 Å². The second kappa shape index (κ2) is 14.1. The molecule has 12 nitrogen and oxygen atoms in total. The van der Waals surface area contributed by atoms with Gasteiger partial charge in [0.2, 0.25) is 0 Å². The Balaban J connectivity index is 1.77. The molecule has 2 heterocycles. The Morgan fingerprint density at radius 1 is 0.915 bits per heavy atom. The van der Waals surface area contributed by atoms with Crippen LogP contribution in [0.2, 0.25) is 0 Å². The van der Waals surface area contributed by atoms with Crippen molar-refractivity contribution in [2.24, 2.45) is 0 Å². The Hall–Kier alpha value is -5.20. The van der Waals surface area contributed by atoms with Gasteiger partial charge in [0.1, 0.15) is 29.9 Å². The molecule has 47 heavy (non-hydrogen) atoms. The molecule has 12 heteroatoms. The molecule has 246 valence electrons. The molecule has 1 aliphatic rings. The van der Waals surface area contributed by atoms with Gasteiger partial charge < -0.3 is 29.2 Å². The second-order valence-electron chi connectivity index (χ2n) is 11.3. The topological polar surface area (TPSA) is 166 Å². The number of aromatic amines is 1. The number of carboxylic acids is 1. The minimum atomic E-state index is -1.37. The summed E-state index contributed by atoms with van der Waals surface area (Å²) in [6.07, 6.45) is -4.48. The molecule has 0 aliphatic carbocycles. The van der Waals surface area contributed by atoms with Crippen LogP contribution in [0.25, 0.3) is 0 Å². The molecule has 0 amide bonds. The van der Waals surface area contributed by atoms with Gasteiger partial charge in [0.15, 0.2) is 0 Å². The zero-order valence-electron chi connectivity index (χ0n) is 26.1.